The number of carbonyl (C=O) groups excluding carboxylic acids is 1. The van der Waals surface area contributed by atoms with Crippen LogP contribution in [-0.4, -0.2) is 19.1 Å². The van der Waals surface area contributed by atoms with E-state index in [2.05, 4.69) is 10.6 Å². The summed E-state index contributed by atoms with van der Waals surface area (Å²) in [6, 6.07) is 16.3. The summed E-state index contributed by atoms with van der Waals surface area (Å²) < 4.78 is 11.4. The predicted molar refractivity (Wildman–Crippen MR) is 132 cm³/mol. The molecule has 0 atom stereocenters. The van der Waals surface area contributed by atoms with Crippen molar-refractivity contribution in [1.29, 1.82) is 0 Å². The van der Waals surface area contributed by atoms with E-state index in [9.17, 15) is 4.79 Å². The standard InChI is InChI=1S/C24H23Cl3N2O3/c1-3-31-23-10-16(13-28-17-6-4-15(2)20(26)11-17)5-9-22(23)32-14-24(30)29-18-7-8-19(25)21(27)12-18/h4-12,28H,3,13-14H2,1-2H3,(H,29,30). The SMILES string of the molecule is CCOc1cc(CNc2ccc(C)c(Cl)c2)ccc1OCC(=O)Nc1ccc(Cl)c(Cl)c1. The van der Waals surface area contributed by atoms with Gasteiger partial charge >= 0.3 is 0 Å². The maximum Gasteiger partial charge on any atom is 0.262 e. The Balaban J connectivity index is 1.61. The Morgan fingerprint density at radius 1 is 0.844 bits per heavy atom. The third-order valence-corrected chi connectivity index (χ3v) is 5.68. The van der Waals surface area contributed by atoms with E-state index in [-0.39, 0.29) is 12.5 Å². The van der Waals surface area contributed by atoms with E-state index < -0.39 is 0 Å². The molecule has 3 aromatic carbocycles. The van der Waals surface area contributed by atoms with Gasteiger partial charge in [-0.1, -0.05) is 46.9 Å². The van der Waals surface area contributed by atoms with Gasteiger partial charge in [0.2, 0.25) is 0 Å². The third-order valence-electron chi connectivity index (χ3n) is 4.54. The van der Waals surface area contributed by atoms with Gasteiger partial charge in [0.25, 0.3) is 5.91 Å². The van der Waals surface area contributed by atoms with Gasteiger partial charge in [0.1, 0.15) is 0 Å². The topological polar surface area (TPSA) is 59.6 Å². The molecule has 0 radical (unpaired) electrons. The normalized spacial score (nSPS) is 10.5. The first-order valence-corrected chi connectivity index (χ1v) is 11.1. The molecule has 0 saturated carbocycles. The molecular weight excluding hydrogens is 471 g/mol. The molecule has 1 amide bonds. The largest absolute Gasteiger partial charge is 0.490 e. The van der Waals surface area contributed by atoms with E-state index in [1.54, 1.807) is 24.3 Å². The van der Waals surface area contributed by atoms with Crippen molar-refractivity contribution in [1.82, 2.24) is 0 Å². The van der Waals surface area contributed by atoms with Crippen molar-refractivity contribution in [3.05, 3.63) is 80.8 Å². The van der Waals surface area contributed by atoms with E-state index in [0.717, 1.165) is 16.8 Å². The van der Waals surface area contributed by atoms with Crippen LogP contribution in [0.2, 0.25) is 15.1 Å². The molecule has 2 N–H and O–H groups in total. The summed E-state index contributed by atoms with van der Waals surface area (Å²) in [5.41, 5.74) is 3.49. The number of aryl methyl sites for hydroxylation is 1. The zero-order chi connectivity index (χ0) is 23.1. The Kier molecular flexibility index (Phi) is 8.51. The number of benzene rings is 3. The first kappa shape index (κ1) is 24.1. The molecule has 3 aromatic rings. The van der Waals surface area contributed by atoms with Crippen LogP contribution in [0.15, 0.2) is 54.6 Å². The lowest BCUT2D eigenvalue weighted by molar-refractivity contribution is -0.118. The second-order valence-electron chi connectivity index (χ2n) is 7.00. The fourth-order valence-electron chi connectivity index (χ4n) is 2.87. The van der Waals surface area contributed by atoms with Crippen LogP contribution in [0.5, 0.6) is 11.5 Å². The number of rotatable bonds is 9. The first-order chi connectivity index (χ1) is 15.4. The monoisotopic (exact) mass is 492 g/mol. The smallest absolute Gasteiger partial charge is 0.262 e. The lowest BCUT2D eigenvalue weighted by Gasteiger charge is -2.14. The summed E-state index contributed by atoms with van der Waals surface area (Å²) in [5.74, 6) is 0.724. The number of halogens is 3. The van der Waals surface area contributed by atoms with Crippen LogP contribution in [0.25, 0.3) is 0 Å². The Morgan fingerprint density at radius 2 is 1.59 bits per heavy atom. The molecule has 0 aliphatic heterocycles. The number of hydrogen-bond donors (Lipinski definition) is 2. The molecule has 32 heavy (non-hydrogen) atoms. The molecule has 168 valence electrons. The zero-order valence-electron chi connectivity index (χ0n) is 17.7. The second-order valence-corrected chi connectivity index (χ2v) is 8.22. The molecule has 3 rings (SSSR count). The van der Waals surface area contributed by atoms with Gasteiger partial charge in [-0.2, -0.15) is 0 Å². The van der Waals surface area contributed by atoms with Gasteiger partial charge in [-0.3, -0.25) is 4.79 Å². The first-order valence-electron chi connectivity index (χ1n) is 9.99. The Morgan fingerprint density at radius 3 is 2.31 bits per heavy atom. The summed E-state index contributed by atoms with van der Waals surface area (Å²) in [6.07, 6.45) is 0. The van der Waals surface area contributed by atoms with Crippen LogP contribution < -0.4 is 20.1 Å². The minimum Gasteiger partial charge on any atom is -0.490 e. The number of anilines is 2. The predicted octanol–water partition coefficient (Wildman–Crippen LogP) is 6.98. The summed E-state index contributed by atoms with van der Waals surface area (Å²) in [5, 5.41) is 7.56. The van der Waals surface area contributed by atoms with Gasteiger partial charge in [0, 0.05) is 22.9 Å². The van der Waals surface area contributed by atoms with Gasteiger partial charge in [-0.05, 0) is 67.4 Å². The molecule has 0 bridgehead atoms. The highest BCUT2D eigenvalue weighted by Gasteiger charge is 2.11. The van der Waals surface area contributed by atoms with Gasteiger partial charge in [0.05, 0.1) is 16.7 Å². The van der Waals surface area contributed by atoms with E-state index in [4.69, 9.17) is 44.3 Å². The number of amides is 1. The molecule has 0 aliphatic carbocycles. The van der Waals surface area contributed by atoms with E-state index in [1.807, 2.05) is 44.2 Å². The van der Waals surface area contributed by atoms with Crippen molar-refractivity contribution >= 4 is 52.1 Å². The minimum atomic E-state index is -0.326. The van der Waals surface area contributed by atoms with E-state index in [0.29, 0.717) is 45.4 Å². The fraction of sp³-hybridized carbons (Fsp3) is 0.208. The van der Waals surface area contributed by atoms with Crippen molar-refractivity contribution in [2.45, 2.75) is 20.4 Å². The minimum absolute atomic E-state index is 0.181. The van der Waals surface area contributed by atoms with Crippen molar-refractivity contribution in [2.75, 3.05) is 23.8 Å². The molecule has 0 spiro atoms. The van der Waals surface area contributed by atoms with Crippen molar-refractivity contribution in [3.63, 3.8) is 0 Å². The maximum atomic E-state index is 12.3. The van der Waals surface area contributed by atoms with Gasteiger partial charge < -0.3 is 20.1 Å². The van der Waals surface area contributed by atoms with Crippen molar-refractivity contribution in [3.8, 4) is 11.5 Å². The molecule has 0 fully saturated rings. The lowest BCUT2D eigenvalue weighted by Crippen LogP contribution is -2.20. The van der Waals surface area contributed by atoms with Crippen LogP contribution in [0.4, 0.5) is 11.4 Å². The van der Waals surface area contributed by atoms with Crippen LogP contribution >= 0.6 is 34.8 Å². The van der Waals surface area contributed by atoms with Crippen LogP contribution in [0.3, 0.4) is 0 Å². The van der Waals surface area contributed by atoms with Gasteiger partial charge in [0.15, 0.2) is 18.1 Å². The van der Waals surface area contributed by atoms with Crippen molar-refractivity contribution < 1.29 is 14.3 Å². The zero-order valence-corrected chi connectivity index (χ0v) is 19.9. The Labute approximate surface area is 202 Å². The highest BCUT2D eigenvalue weighted by atomic mass is 35.5. The van der Waals surface area contributed by atoms with Gasteiger partial charge in [-0.25, -0.2) is 0 Å². The van der Waals surface area contributed by atoms with E-state index >= 15 is 0 Å². The number of hydrogen-bond acceptors (Lipinski definition) is 4. The molecule has 0 aromatic heterocycles. The molecule has 0 unspecified atom stereocenters. The van der Waals surface area contributed by atoms with Crippen LogP contribution in [-0.2, 0) is 11.3 Å². The fourth-order valence-corrected chi connectivity index (χ4v) is 3.35. The van der Waals surface area contributed by atoms with Crippen LogP contribution in [0, 0.1) is 6.92 Å². The Hall–Kier alpha value is -2.60. The third kappa shape index (κ3) is 6.70. The number of ether oxygens (including phenoxy) is 2. The van der Waals surface area contributed by atoms with Gasteiger partial charge in [-0.15, -0.1) is 0 Å². The molecule has 0 heterocycles. The van der Waals surface area contributed by atoms with Crippen molar-refractivity contribution in [2.24, 2.45) is 0 Å². The van der Waals surface area contributed by atoms with E-state index in [1.165, 1.54) is 0 Å². The summed E-state index contributed by atoms with van der Waals surface area (Å²) >= 11 is 18.1. The summed E-state index contributed by atoms with van der Waals surface area (Å²) in [7, 11) is 0. The quantitative estimate of drug-likeness (QED) is 0.337. The number of nitrogens with one attached hydrogen (secondary N) is 2. The molecule has 0 saturated heterocycles. The molecular formula is C24H23Cl3N2O3. The van der Waals surface area contributed by atoms with Crippen LogP contribution in [0.1, 0.15) is 18.1 Å². The highest BCUT2D eigenvalue weighted by Crippen LogP contribution is 2.30. The number of carbonyl (C=O) groups is 1. The second kappa shape index (κ2) is 11.3. The average molecular weight is 494 g/mol. The lowest BCUT2D eigenvalue weighted by atomic mass is 10.2. The molecule has 0 aliphatic rings. The Bertz CT molecular complexity index is 1110. The highest BCUT2D eigenvalue weighted by molar-refractivity contribution is 6.42. The molecule has 8 heteroatoms. The summed E-state index contributed by atoms with van der Waals surface area (Å²) in [4.78, 5) is 12.3. The average Bonchev–Trinajstić information content (AvgIpc) is 2.76. The molecule has 5 nitrogen and oxygen atoms in total. The maximum absolute atomic E-state index is 12.3. The summed E-state index contributed by atoms with van der Waals surface area (Å²) in [6.45, 7) is 4.72.